The summed E-state index contributed by atoms with van der Waals surface area (Å²) in [5, 5.41) is 0.492. The van der Waals surface area contributed by atoms with Crippen molar-refractivity contribution >= 4 is 22.9 Å². The van der Waals surface area contributed by atoms with Crippen molar-refractivity contribution in [1.82, 2.24) is 4.40 Å². The maximum Gasteiger partial charge on any atom is 0.194 e. The number of hydrogen-bond donors (Lipinski definition) is 0. The number of ketones is 1. The van der Waals surface area contributed by atoms with Crippen LogP contribution in [0.15, 0.2) is 122 Å². The summed E-state index contributed by atoms with van der Waals surface area (Å²) in [4.78, 5) is 12.0. The van der Waals surface area contributed by atoms with Crippen molar-refractivity contribution < 1.29 is 4.79 Å². The molecule has 2 aromatic heterocycles. The molecule has 0 unspecified atom stereocenters. The lowest BCUT2D eigenvalue weighted by molar-refractivity contribution is 0.103. The standard InChI is InChI=1S/C14H11N.C13H9ClO/c1-2-6-12(7-3-1)13-10-14-8-4-5-9-15(14)11-13;14-12-9-5-4-8-11(12)13(15)10-6-2-1-3-7-10/h1-11H;1-9H. The van der Waals surface area contributed by atoms with Gasteiger partial charge in [0.15, 0.2) is 5.78 Å². The molecule has 0 saturated heterocycles. The third-order valence-corrected chi connectivity index (χ3v) is 5.10. The predicted molar refractivity (Wildman–Crippen MR) is 124 cm³/mol. The maximum atomic E-state index is 12.0. The number of hydrogen-bond acceptors (Lipinski definition) is 1. The highest BCUT2D eigenvalue weighted by Gasteiger charge is 2.10. The molecule has 0 aliphatic carbocycles. The van der Waals surface area contributed by atoms with Crippen molar-refractivity contribution in [2.24, 2.45) is 0 Å². The zero-order chi connectivity index (χ0) is 20.8. The lowest BCUT2D eigenvalue weighted by Crippen LogP contribution is -2.01. The largest absolute Gasteiger partial charge is 0.323 e. The Kier molecular flexibility index (Phi) is 6.07. The molecule has 0 aliphatic heterocycles. The highest BCUT2D eigenvalue weighted by Crippen LogP contribution is 2.22. The predicted octanol–water partition coefficient (Wildman–Crippen LogP) is 7.18. The van der Waals surface area contributed by atoms with Crippen LogP contribution in [0.1, 0.15) is 15.9 Å². The number of fused-ring (bicyclic) bond motifs is 1. The highest BCUT2D eigenvalue weighted by atomic mass is 35.5. The average Bonchev–Trinajstić information content (AvgIpc) is 3.25. The molecule has 3 aromatic carbocycles. The van der Waals surface area contributed by atoms with Gasteiger partial charge in [-0.15, -0.1) is 0 Å². The van der Waals surface area contributed by atoms with E-state index in [1.165, 1.54) is 16.6 Å². The van der Waals surface area contributed by atoms with Gasteiger partial charge in [-0.25, -0.2) is 0 Å². The Hall–Kier alpha value is -3.62. The Balaban J connectivity index is 0.000000145. The second-order valence-corrected chi connectivity index (χ2v) is 7.21. The monoisotopic (exact) mass is 409 g/mol. The molecule has 146 valence electrons. The van der Waals surface area contributed by atoms with Gasteiger partial charge in [0, 0.05) is 34.6 Å². The Morgan fingerprint density at radius 1 is 0.667 bits per heavy atom. The first-order chi connectivity index (χ1) is 14.7. The molecule has 0 N–H and O–H groups in total. The molecule has 0 bridgehead atoms. The molecule has 0 aliphatic rings. The minimum atomic E-state index is -0.0406. The van der Waals surface area contributed by atoms with Gasteiger partial charge in [0.2, 0.25) is 0 Å². The average molecular weight is 410 g/mol. The second kappa shape index (κ2) is 9.25. The quantitative estimate of drug-likeness (QED) is 0.289. The zero-order valence-corrected chi connectivity index (χ0v) is 17.0. The first-order valence-electron chi connectivity index (χ1n) is 9.69. The third-order valence-electron chi connectivity index (χ3n) is 4.77. The van der Waals surface area contributed by atoms with Crippen LogP contribution in [0.3, 0.4) is 0 Å². The highest BCUT2D eigenvalue weighted by molar-refractivity contribution is 6.34. The van der Waals surface area contributed by atoms with Crippen molar-refractivity contribution in [3.63, 3.8) is 0 Å². The van der Waals surface area contributed by atoms with Crippen molar-refractivity contribution in [2.75, 3.05) is 0 Å². The molecule has 0 spiro atoms. The lowest BCUT2D eigenvalue weighted by Gasteiger charge is -2.02. The molecule has 0 radical (unpaired) electrons. The Bertz CT molecular complexity index is 1230. The Labute approximate surface area is 181 Å². The van der Waals surface area contributed by atoms with Gasteiger partial charge in [-0.2, -0.15) is 0 Å². The van der Waals surface area contributed by atoms with Crippen LogP contribution in [0, 0.1) is 0 Å². The summed E-state index contributed by atoms with van der Waals surface area (Å²) >= 11 is 5.95. The van der Waals surface area contributed by atoms with Crippen LogP contribution in [-0.2, 0) is 0 Å². The number of pyridine rings is 1. The molecule has 0 amide bonds. The Morgan fingerprint density at radius 2 is 1.30 bits per heavy atom. The summed E-state index contributed by atoms with van der Waals surface area (Å²) in [6, 6.07) is 35.1. The van der Waals surface area contributed by atoms with E-state index < -0.39 is 0 Å². The van der Waals surface area contributed by atoms with Crippen molar-refractivity contribution in [3.05, 3.63) is 138 Å². The molecule has 30 heavy (non-hydrogen) atoms. The smallest absolute Gasteiger partial charge is 0.194 e. The summed E-state index contributed by atoms with van der Waals surface area (Å²) in [7, 11) is 0. The van der Waals surface area contributed by atoms with E-state index in [2.05, 4.69) is 59.3 Å². The van der Waals surface area contributed by atoms with E-state index in [1.54, 1.807) is 24.3 Å². The van der Waals surface area contributed by atoms with Gasteiger partial charge in [-0.3, -0.25) is 4.79 Å². The number of rotatable bonds is 3. The van der Waals surface area contributed by atoms with E-state index in [4.69, 9.17) is 11.6 Å². The normalized spacial score (nSPS) is 10.3. The summed E-state index contributed by atoms with van der Waals surface area (Å²) in [6.45, 7) is 0. The molecule has 0 fully saturated rings. The molecule has 0 saturated carbocycles. The molecule has 2 heterocycles. The van der Waals surface area contributed by atoms with E-state index in [-0.39, 0.29) is 5.78 Å². The minimum absolute atomic E-state index is 0.0406. The fraction of sp³-hybridized carbons (Fsp3) is 0. The van der Waals surface area contributed by atoms with Crippen molar-refractivity contribution in [2.45, 2.75) is 0 Å². The number of nitrogens with zero attached hydrogens (tertiary/aromatic N) is 1. The van der Waals surface area contributed by atoms with Crippen LogP contribution < -0.4 is 0 Å². The summed E-state index contributed by atoms with van der Waals surface area (Å²) < 4.78 is 2.14. The molecule has 5 aromatic rings. The summed E-state index contributed by atoms with van der Waals surface area (Å²) in [6.07, 6.45) is 4.23. The Morgan fingerprint density at radius 3 is 2.00 bits per heavy atom. The number of benzene rings is 3. The lowest BCUT2D eigenvalue weighted by atomic mass is 10.0. The van der Waals surface area contributed by atoms with Crippen LogP contribution in [0.4, 0.5) is 0 Å². The van der Waals surface area contributed by atoms with E-state index in [9.17, 15) is 4.79 Å². The van der Waals surface area contributed by atoms with E-state index in [1.807, 2.05) is 42.5 Å². The number of aromatic nitrogens is 1. The molecule has 5 rings (SSSR count). The van der Waals surface area contributed by atoms with E-state index >= 15 is 0 Å². The maximum absolute atomic E-state index is 12.0. The van der Waals surface area contributed by atoms with Gasteiger partial charge < -0.3 is 4.40 Å². The van der Waals surface area contributed by atoms with Gasteiger partial charge >= 0.3 is 0 Å². The number of carbonyl (C=O) groups is 1. The SMILES string of the molecule is O=C(c1ccccc1)c1ccccc1Cl.c1ccc(-c2cc3ccccn3c2)cc1. The molecular weight excluding hydrogens is 390 g/mol. The van der Waals surface area contributed by atoms with Crippen LogP contribution in [0.25, 0.3) is 16.6 Å². The van der Waals surface area contributed by atoms with Crippen LogP contribution in [-0.4, -0.2) is 10.2 Å². The number of carbonyl (C=O) groups excluding carboxylic acids is 1. The van der Waals surface area contributed by atoms with Crippen LogP contribution in [0.5, 0.6) is 0 Å². The molecule has 2 nitrogen and oxygen atoms in total. The van der Waals surface area contributed by atoms with Gasteiger partial charge in [-0.1, -0.05) is 90.5 Å². The molecule has 3 heteroatoms. The van der Waals surface area contributed by atoms with E-state index in [0.717, 1.165) is 0 Å². The second-order valence-electron chi connectivity index (χ2n) is 6.80. The topological polar surface area (TPSA) is 21.5 Å². The van der Waals surface area contributed by atoms with Crippen molar-refractivity contribution in [3.8, 4) is 11.1 Å². The van der Waals surface area contributed by atoms with E-state index in [0.29, 0.717) is 16.1 Å². The number of halogens is 1. The first-order valence-corrected chi connectivity index (χ1v) is 10.1. The van der Waals surface area contributed by atoms with Gasteiger partial charge in [-0.05, 0) is 35.9 Å². The van der Waals surface area contributed by atoms with Gasteiger partial charge in [0.05, 0.1) is 5.02 Å². The first kappa shape index (κ1) is 19.7. The fourth-order valence-corrected chi connectivity index (χ4v) is 3.46. The minimum Gasteiger partial charge on any atom is -0.323 e. The van der Waals surface area contributed by atoms with Crippen LogP contribution in [0.2, 0.25) is 5.02 Å². The van der Waals surface area contributed by atoms with Crippen LogP contribution >= 0.6 is 11.6 Å². The van der Waals surface area contributed by atoms with Gasteiger partial charge in [0.25, 0.3) is 0 Å². The van der Waals surface area contributed by atoms with Crippen molar-refractivity contribution in [1.29, 1.82) is 0 Å². The van der Waals surface area contributed by atoms with Gasteiger partial charge in [0.1, 0.15) is 0 Å². The zero-order valence-electron chi connectivity index (χ0n) is 16.3. The molecule has 0 atom stereocenters. The summed E-state index contributed by atoms with van der Waals surface area (Å²) in [5.41, 5.74) is 4.97. The molecular formula is C27H20ClNO. The summed E-state index contributed by atoms with van der Waals surface area (Å²) in [5.74, 6) is -0.0406. The third kappa shape index (κ3) is 4.51. The fourth-order valence-electron chi connectivity index (χ4n) is 3.23.